The molecule has 1 N–H and O–H groups in total. The highest BCUT2D eigenvalue weighted by Gasteiger charge is 2.15. The summed E-state index contributed by atoms with van der Waals surface area (Å²) in [6.45, 7) is 2.13. The van der Waals surface area contributed by atoms with E-state index >= 15 is 0 Å². The lowest BCUT2D eigenvalue weighted by atomic mass is 10.0. The molecular formula is C14H15Br2NS. The fourth-order valence-electron chi connectivity index (χ4n) is 1.97. The summed E-state index contributed by atoms with van der Waals surface area (Å²) < 4.78 is 2.38. The lowest BCUT2D eigenvalue weighted by Crippen LogP contribution is -2.19. The normalized spacial score (nSPS) is 12.7. The van der Waals surface area contributed by atoms with Gasteiger partial charge >= 0.3 is 0 Å². The lowest BCUT2D eigenvalue weighted by molar-refractivity contribution is 0.593. The molecule has 1 heterocycles. The molecule has 18 heavy (non-hydrogen) atoms. The first kappa shape index (κ1) is 14.3. The Labute approximate surface area is 129 Å². The minimum absolute atomic E-state index is 0.338. The Hall–Kier alpha value is -0.160. The van der Waals surface area contributed by atoms with Crippen molar-refractivity contribution < 1.29 is 0 Å². The van der Waals surface area contributed by atoms with Crippen molar-refractivity contribution in [3.8, 4) is 0 Å². The summed E-state index contributed by atoms with van der Waals surface area (Å²) >= 11 is 9.00. The van der Waals surface area contributed by atoms with Gasteiger partial charge in [-0.3, -0.25) is 0 Å². The first-order chi connectivity index (χ1) is 8.61. The molecule has 0 aliphatic carbocycles. The van der Waals surface area contributed by atoms with Crippen LogP contribution in [0.5, 0.6) is 0 Å². The number of thiophene rings is 1. The van der Waals surface area contributed by atoms with Gasteiger partial charge in [0.1, 0.15) is 0 Å². The second-order valence-electron chi connectivity index (χ2n) is 4.25. The molecule has 0 bridgehead atoms. The molecule has 0 saturated heterocycles. The number of hydrogen-bond acceptors (Lipinski definition) is 2. The van der Waals surface area contributed by atoms with E-state index in [1.807, 2.05) is 7.05 Å². The molecule has 2 rings (SSSR count). The summed E-state index contributed by atoms with van der Waals surface area (Å²) in [6.07, 6.45) is 1.01. The highest BCUT2D eigenvalue weighted by molar-refractivity contribution is 9.10. The number of aryl methyl sites for hydroxylation is 1. The molecule has 1 nitrogen and oxygen atoms in total. The molecule has 2 aromatic rings. The number of rotatable bonds is 4. The van der Waals surface area contributed by atoms with E-state index in [4.69, 9.17) is 0 Å². The summed E-state index contributed by atoms with van der Waals surface area (Å²) in [5, 5.41) is 5.54. The first-order valence-corrected chi connectivity index (χ1v) is 8.23. The van der Waals surface area contributed by atoms with Crippen LogP contribution < -0.4 is 5.32 Å². The number of hydrogen-bond donors (Lipinski definition) is 1. The van der Waals surface area contributed by atoms with E-state index in [0.29, 0.717) is 6.04 Å². The minimum Gasteiger partial charge on any atom is -0.313 e. The molecular weight excluding hydrogens is 374 g/mol. The Balaban J connectivity index is 2.25. The summed E-state index contributed by atoms with van der Waals surface area (Å²) in [5.41, 5.74) is 2.60. The van der Waals surface area contributed by atoms with Crippen molar-refractivity contribution in [1.82, 2.24) is 5.32 Å². The molecule has 96 valence electrons. The second-order valence-corrected chi connectivity index (χ2v) is 6.96. The third-order valence-electron chi connectivity index (χ3n) is 2.97. The van der Waals surface area contributed by atoms with Crippen LogP contribution >= 0.6 is 43.2 Å². The quantitative estimate of drug-likeness (QED) is 0.769. The van der Waals surface area contributed by atoms with Crippen molar-refractivity contribution in [1.29, 1.82) is 0 Å². The van der Waals surface area contributed by atoms with Crippen LogP contribution in [-0.2, 0) is 6.42 Å². The number of nitrogens with one attached hydrogen (secondary N) is 1. The van der Waals surface area contributed by atoms with Gasteiger partial charge in [0.15, 0.2) is 0 Å². The first-order valence-electron chi connectivity index (χ1n) is 5.77. The van der Waals surface area contributed by atoms with Gasteiger partial charge < -0.3 is 5.32 Å². The van der Waals surface area contributed by atoms with E-state index in [1.165, 1.54) is 24.9 Å². The van der Waals surface area contributed by atoms with E-state index in [2.05, 4.69) is 73.7 Å². The van der Waals surface area contributed by atoms with Gasteiger partial charge in [-0.15, -0.1) is 11.3 Å². The molecule has 0 radical (unpaired) electrons. The number of benzene rings is 1. The van der Waals surface area contributed by atoms with Gasteiger partial charge in [-0.05, 0) is 47.1 Å². The van der Waals surface area contributed by atoms with Crippen LogP contribution in [0.3, 0.4) is 0 Å². The Bertz CT molecular complexity index is 536. The zero-order chi connectivity index (χ0) is 13.1. The van der Waals surface area contributed by atoms with Crippen LogP contribution in [0.1, 0.15) is 22.0 Å². The van der Waals surface area contributed by atoms with Crippen LogP contribution in [0.25, 0.3) is 0 Å². The van der Waals surface area contributed by atoms with E-state index in [-0.39, 0.29) is 0 Å². The van der Waals surface area contributed by atoms with Crippen LogP contribution in [-0.4, -0.2) is 7.05 Å². The summed E-state index contributed by atoms with van der Waals surface area (Å²) in [4.78, 5) is 1.38. The zero-order valence-corrected chi connectivity index (χ0v) is 14.3. The highest BCUT2D eigenvalue weighted by Crippen LogP contribution is 2.30. The monoisotopic (exact) mass is 387 g/mol. The van der Waals surface area contributed by atoms with Gasteiger partial charge in [0.2, 0.25) is 0 Å². The summed E-state index contributed by atoms with van der Waals surface area (Å²) in [5.74, 6) is 0. The Morgan fingerprint density at radius 2 is 2.11 bits per heavy atom. The number of likely N-dealkylation sites (N-methyl/N-ethyl adjacent to an activating group) is 1. The topological polar surface area (TPSA) is 12.0 Å². The fourth-order valence-corrected chi connectivity index (χ4v) is 4.01. The lowest BCUT2D eigenvalue weighted by Gasteiger charge is -2.18. The van der Waals surface area contributed by atoms with E-state index in [9.17, 15) is 0 Å². The molecule has 0 aliphatic rings. The van der Waals surface area contributed by atoms with Crippen LogP contribution in [0.4, 0.5) is 0 Å². The molecule has 0 spiro atoms. The van der Waals surface area contributed by atoms with Gasteiger partial charge in [0, 0.05) is 31.7 Å². The Kier molecular flexibility index (Phi) is 5.01. The largest absolute Gasteiger partial charge is 0.313 e. The van der Waals surface area contributed by atoms with Gasteiger partial charge in [-0.2, -0.15) is 0 Å². The van der Waals surface area contributed by atoms with Crippen molar-refractivity contribution in [3.05, 3.63) is 54.6 Å². The van der Waals surface area contributed by atoms with E-state index < -0.39 is 0 Å². The van der Waals surface area contributed by atoms with Crippen molar-refractivity contribution >= 4 is 43.2 Å². The summed E-state index contributed by atoms with van der Waals surface area (Å²) in [7, 11) is 2.02. The van der Waals surface area contributed by atoms with Crippen LogP contribution in [0, 0.1) is 6.92 Å². The fraction of sp³-hybridized carbons (Fsp3) is 0.286. The Morgan fingerprint density at radius 3 is 2.72 bits per heavy atom. The minimum atomic E-state index is 0.338. The standard InChI is InChI=1S/C14H15Br2NS/c1-9-4-3-5-12(14(9)16)13(17-2)7-11-6-10(15)8-18-11/h3-6,8,13,17H,7H2,1-2H3. The molecule has 1 atom stereocenters. The zero-order valence-electron chi connectivity index (χ0n) is 10.3. The van der Waals surface area contributed by atoms with Gasteiger partial charge in [-0.25, -0.2) is 0 Å². The Morgan fingerprint density at radius 1 is 1.33 bits per heavy atom. The molecule has 0 fully saturated rings. The predicted molar refractivity (Wildman–Crippen MR) is 86.4 cm³/mol. The average Bonchev–Trinajstić information content (AvgIpc) is 2.76. The van der Waals surface area contributed by atoms with Crippen LogP contribution in [0.2, 0.25) is 0 Å². The van der Waals surface area contributed by atoms with Crippen molar-refractivity contribution in [2.24, 2.45) is 0 Å². The smallest absolute Gasteiger partial charge is 0.0377 e. The maximum Gasteiger partial charge on any atom is 0.0377 e. The van der Waals surface area contributed by atoms with Crippen molar-refractivity contribution in [2.45, 2.75) is 19.4 Å². The predicted octanol–water partition coefficient (Wildman–Crippen LogP) is 5.08. The van der Waals surface area contributed by atoms with E-state index in [1.54, 1.807) is 11.3 Å². The average molecular weight is 389 g/mol. The molecule has 4 heteroatoms. The second kappa shape index (κ2) is 6.33. The number of halogens is 2. The van der Waals surface area contributed by atoms with Crippen molar-refractivity contribution in [3.63, 3.8) is 0 Å². The highest BCUT2D eigenvalue weighted by atomic mass is 79.9. The maximum atomic E-state index is 3.69. The van der Waals surface area contributed by atoms with Crippen LogP contribution in [0.15, 0.2) is 38.6 Å². The maximum absolute atomic E-state index is 3.69. The molecule has 0 amide bonds. The third kappa shape index (κ3) is 3.23. The van der Waals surface area contributed by atoms with E-state index in [0.717, 1.165) is 6.42 Å². The molecule has 1 aromatic heterocycles. The third-order valence-corrected chi connectivity index (χ3v) is 5.78. The van der Waals surface area contributed by atoms with Crippen molar-refractivity contribution in [2.75, 3.05) is 7.05 Å². The SMILES string of the molecule is CNC(Cc1cc(Br)cs1)c1cccc(C)c1Br. The molecule has 1 aromatic carbocycles. The van der Waals surface area contributed by atoms with Gasteiger partial charge in [0.05, 0.1) is 0 Å². The summed E-state index contributed by atoms with van der Waals surface area (Å²) in [6, 6.07) is 8.95. The molecule has 0 aliphatic heterocycles. The van der Waals surface area contributed by atoms with Gasteiger partial charge in [-0.1, -0.05) is 34.1 Å². The molecule has 0 saturated carbocycles. The van der Waals surface area contributed by atoms with Gasteiger partial charge in [0.25, 0.3) is 0 Å². The molecule has 1 unspecified atom stereocenters.